The highest BCUT2D eigenvalue weighted by molar-refractivity contribution is 7.16. The molecule has 1 aromatic heterocycles. The van der Waals surface area contributed by atoms with Gasteiger partial charge in [-0.3, -0.25) is 10.1 Å². The van der Waals surface area contributed by atoms with E-state index in [4.69, 9.17) is 4.74 Å². The second kappa shape index (κ2) is 6.12. The number of amides is 1. The van der Waals surface area contributed by atoms with E-state index in [0.717, 1.165) is 25.0 Å². The van der Waals surface area contributed by atoms with Crippen LogP contribution in [0.2, 0.25) is 0 Å². The van der Waals surface area contributed by atoms with Gasteiger partial charge in [-0.2, -0.15) is 0 Å². The smallest absolute Gasteiger partial charge is 0.402 e. The lowest BCUT2D eigenvalue weighted by Gasteiger charge is -2.28. The summed E-state index contributed by atoms with van der Waals surface area (Å²) in [7, 11) is 0. The molecule has 1 aliphatic carbocycles. The Kier molecular flexibility index (Phi) is 4.17. The average molecular weight is 330 g/mol. The molecule has 0 spiro atoms. The summed E-state index contributed by atoms with van der Waals surface area (Å²) >= 11 is 1.44. The Morgan fingerprint density at radius 2 is 2.00 bits per heavy atom. The molecular formula is C17H18N2O3S. The Morgan fingerprint density at radius 1 is 1.26 bits per heavy atom. The van der Waals surface area contributed by atoms with Gasteiger partial charge in [0.1, 0.15) is 5.75 Å². The van der Waals surface area contributed by atoms with Crippen molar-refractivity contribution in [3.05, 3.63) is 40.9 Å². The number of aromatic nitrogens is 1. The number of ether oxygens (including phenoxy) is 1. The SMILES string of the molecule is CC1(C)CCc2nc(NC(=O)C(=O)Oc3ccccc3)sc2C1. The van der Waals surface area contributed by atoms with Gasteiger partial charge in [-0.15, -0.1) is 11.3 Å². The Balaban J connectivity index is 1.64. The third kappa shape index (κ3) is 3.76. The van der Waals surface area contributed by atoms with Crippen molar-refractivity contribution in [2.24, 2.45) is 5.41 Å². The highest BCUT2D eigenvalue weighted by Crippen LogP contribution is 2.38. The van der Waals surface area contributed by atoms with Crippen molar-refractivity contribution in [2.45, 2.75) is 33.1 Å². The summed E-state index contributed by atoms with van der Waals surface area (Å²) in [6, 6.07) is 8.51. The number of benzene rings is 1. The van der Waals surface area contributed by atoms with Crippen LogP contribution in [0.25, 0.3) is 0 Å². The van der Waals surface area contributed by atoms with E-state index in [1.165, 1.54) is 16.2 Å². The lowest BCUT2D eigenvalue weighted by atomic mass is 9.79. The molecule has 0 fully saturated rings. The predicted octanol–water partition coefficient (Wildman–Crippen LogP) is 3.20. The molecule has 0 unspecified atom stereocenters. The first kappa shape index (κ1) is 15.7. The van der Waals surface area contributed by atoms with Gasteiger partial charge in [0.2, 0.25) is 0 Å². The lowest BCUT2D eigenvalue weighted by Crippen LogP contribution is -2.27. The van der Waals surface area contributed by atoms with E-state index in [0.29, 0.717) is 10.9 Å². The Hall–Kier alpha value is -2.21. The third-order valence-electron chi connectivity index (χ3n) is 3.82. The van der Waals surface area contributed by atoms with Crippen molar-refractivity contribution in [1.29, 1.82) is 0 Å². The molecule has 120 valence electrons. The van der Waals surface area contributed by atoms with Gasteiger partial charge in [0, 0.05) is 4.88 Å². The molecule has 0 saturated carbocycles. The minimum Gasteiger partial charge on any atom is -0.419 e. The maximum atomic E-state index is 11.9. The van der Waals surface area contributed by atoms with Crippen LogP contribution >= 0.6 is 11.3 Å². The molecular weight excluding hydrogens is 312 g/mol. The van der Waals surface area contributed by atoms with E-state index in [-0.39, 0.29) is 5.41 Å². The number of nitrogens with zero attached hydrogens (tertiary/aromatic N) is 1. The fraction of sp³-hybridized carbons (Fsp3) is 0.353. The zero-order valence-corrected chi connectivity index (χ0v) is 13.9. The van der Waals surface area contributed by atoms with Gasteiger partial charge < -0.3 is 4.74 Å². The van der Waals surface area contributed by atoms with Gasteiger partial charge in [-0.1, -0.05) is 32.0 Å². The third-order valence-corrected chi connectivity index (χ3v) is 4.83. The summed E-state index contributed by atoms with van der Waals surface area (Å²) in [5.41, 5.74) is 1.29. The van der Waals surface area contributed by atoms with Crippen LogP contribution in [0, 0.1) is 5.41 Å². The minimum atomic E-state index is -0.940. The molecule has 3 rings (SSSR count). The van der Waals surface area contributed by atoms with Crippen molar-refractivity contribution < 1.29 is 14.3 Å². The van der Waals surface area contributed by atoms with Crippen molar-refractivity contribution in [2.75, 3.05) is 5.32 Å². The molecule has 6 heteroatoms. The molecule has 1 N–H and O–H groups in total. The van der Waals surface area contributed by atoms with Crippen LogP contribution in [0.15, 0.2) is 30.3 Å². The summed E-state index contributed by atoms with van der Waals surface area (Å²) in [5, 5.41) is 3.00. The van der Waals surface area contributed by atoms with Crippen LogP contribution < -0.4 is 10.1 Å². The molecule has 23 heavy (non-hydrogen) atoms. The van der Waals surface area contributed by atoms with Crippen LogP contribution in [-0.4, -0.2) is 16.9 Å². The highest BCUT2D eigenvalue weighted by Gasteiger charge is 2.29. The fourth-order valence-corrected chi connectivity index (χ4v) is 3.80. The van der Waals surface area contributed by atoms with E-state index in [9.17, 15) is 9.59 Å². The summed E-state index contributed by atoms with van der Waals surface area (Å²) in [6.45, 7) is 4.45. The topological polar surface area (TPSA) is 68.3 Å². The van der Waals surface area contributed by atoms with Gasteiger partial charge in [0.25, 0.3) is 0 Å². The number of fused-ring (bicyclic) bond motifs is 1. The van der Waals surface area contributed by atoms with Gasteiger partial charge in [0.15, 0.2) is 5.13 Å². The molecule has 0 radical (unpaired) electrons. The largest absolute Gasteiger partial charge is 0.419 e. The lowest BCUT2D eigenvalue weighted by molar-refractivity contribution is -0.145. The number of hydrogen-bond donors (Lipinski definition) is 1. The van der Waals surface area contributed by atoms with Gasteiger partial charge in [-0.25, -0.2) is 9.78 Å². The first-order valence-electron chi connectivity index (χ1n) is 7.50. The number of carbonyl (C=O) groups is 2. The van der Waals surface area contributed by atoms with Crippen LogP contribution in [-0.2, 0) is 22.4 Å². The monoisotopic (exact) mass is 330 g/mol. The molecule has 0 saturated heterocycles. The summed E-state index contributed by atoms with van der Waals surface area (Å²) in [5.74, 6) is -1.41. The number of esters is 1. The molecule has 1 aromatic carbocycles. The second-order valence-electron chi connectivity index (χ2n) is 6.39. The maximum Gasteiger partial charge on any atom is 0.402 e. The number of aryl methyl sites for hydroxylation is 1. The van der Waals surface area contributed by atoms with E-state index in [1.54, 1.807) is 30.3 Å². The fourth-order valence-electron chi connectivity index (χ4n) is 2.54. The van der Waals surface area contributed by atoms with Crippen molar-refractivity contribution in [1.82, 2.24) is 4.98 Å². The molecule has 5 nitrogen and oxygen atoms in total. The van der Waals surface area contributed by atoms with Crippen molar-refractivity contribution >= 4 is 28.3 Å². The quantitative estimate of drug-likeness (QED) is 0.521. The maximum absolute atomic E-state index is 11.9. The number of thiazole rings is 1. The first-order chi connectivity index (χ1) is 10.9. The number of nitrogens with one attached hydrogen (secondary N) is 1. The Morgan fingerprint density at radius 3 is 2.74 bits per heavy atom. The van der Waals surface area contributed by atoms with Crippen molar-refractivity contribution in [3.8, 4) is 5.75 Å². The van der Waals surface area contributed by atoms with Gasteiger partial charge in [0.05, 0.1) is 5.69 Å². The van der Waals surface area contributed by atoms with Gasteiger partial charge in [-0.05, 0) is 36.8 Å². The zero-order chi connectivity index (χ0) is 16.4. The normalized spacial score (nSPS) is 15.6. The molecule has 2 aromatic rings. The number of anilines is 1. The first-order valence-corrected chi connectivity index (χ1v) is 8.31. The van der Waals surface area contributed by atoms with Crippen LogP contribution in [0.4, 0.5) is 5.13 Å². The molecule has 1 aliphatic rings. The highest BCUT2D eigenvalue weighted by atomic mass is 32.1. The Bertz CT molecular complexity index is 738. The van der Waals surface area contributed by atoms with E-state index in [2.05, 4.69) is 24.1 Å². The number of rotatable bonds is 2. The molecule has 1 amide bonds. The molecule has 0 bridgehead atoms. The molecule has 0 atom stereocenters. The van der Waals surface area contributed by atoms with Crippen LogP contribution in [0.1, 0.15) is 30.8 Å². The van der Waals surface area contributed by atoms with E-state index < -0.39 is 11.9 Å². The van der Waals surface area contributed by atoms with Crippen molar-refractivity contribution in [3.63, 3.8) is 0 Å². The number of hydrogen-bond acceptors (Lipinski definition) is 5. The zero-order valence-electron chi connectivity index (χ0n) is 13.1. The predicted molar refractivity (Wildman–Crippen MR) is 88.6 cm³/mol. The summed E-state index contributed by atoms with van der Waals surface area (Å²) in [6.07, 6.45) is 2.93. The second-order valence-corrected chi connectivity index (χ2v) is 7.47. The average Bonchev–Trinajstić information content (AvgIpc) is 2.88. The number of para-hydroxylation sites is 1. The Labute approximate surface area is 138 Å². The molecule has 1 heterocycles. The minimum absolute atomic E-state index is 0.257. The number of carbonyl (C=O) groups excluding carboxylic acids is 2. The molecule has 0 aliphatic heterocycles. The van der Waals surface area contributed by atoms with Gasteiger partial charge >= 0.3 is 11.9 Å². The standard InChI is InChI=1S/C17H18N2O3S/c1-17(2)9-8-12-13(10-17)23-16(18-12)19-14(20)15(21)22-11-6-4-3-5-7-11/h3-7H,8-10H2,1-2H3,(H,18,19,20). The summed E-state index contributed by atoms with van der Waals surface area (Å²) in [4.78, 5) is 29.4. The van der Waals surface area contributed by atoms with Crippen LogP contribution in [0.3, 0.4) is 0 Å². The summed E-state index contributed by atoms with van der Waals surface area (Å²) < 4.78 is 5.01. The van der Waals surface area contributed by atoms with E-state index in [1.807, 2.05) is 0 Å². The van der Waals surface area contributed by atoms with E-state index >= 15 is 0 Å². The van der Waals surface area contributed by atoms with Crippen LogP contribution in [0.5, 0.6) is 5.75 Å².